The lowest BCUT2D eigenvalue weighted by atomic mass is 10.3. The normalized spacial score (nSPS) is 12.0. The first-order valence-corrected chi connectivity index (χ1v) is 8.75. The zero-order chi connectivity index (χ0) is 18.3. The minimum absolute atomic E-state index is 0.302. The standard InChI is InChI=1S/C20H22N6/c1-14(2)26-20(9-10-22-26)25-15(3)11-17(16(25)4)12-23-24-13-21-18-7-5-6-8-19(18)24/h5-14H,1-4H3/b23-12-. The molecule has 0 fully saturated rings. The molecule has 1 aromatic carbocycles. The molecule has 4 rings (SSSR count). The van der Waals surface area contributed by atoms with Crippen molar-refractivity contribution in [3.05, 3.63) is 65.9 Å². The first kappa shape index (κ1) is 16.3. The quantitative estimate of drug-likeness (QED) is 0.522. The number of para-hydroxylation sites is 2. The van der Waals surface area contributed by atoms with Crippen molar-refractivity contribution >= 4 is 17.2 Å². The highest BCUT2D eigenvalue weighted by Gasteiger charge is 2.14. The Balaban J connectivity index is 1.74. The molecule has 0 unspecified atom stereocenters. The van der Waals surface area contributed by atoms with E-state index >= 15 is 0 Å². The monoisotopic (exact) mass is 346 g/mol. The lowest BCUT2D eigenvalue weighted by Gasteiger charge is -2.14. The maximum Gasteiger partial charge on any atom is 0.135 e. The molecular formula is C20H22N6. The largest absolute Gasteiger partial charge is 0.303 e. The third kappa shape index (κ3) is 2.63. The molecule has 0 radical (unpaired) electrons. The molecule has 3 aromatic heterocycles. The van der Waals surface area contributed by atoms with Crippen molar-refractivity contribution in [1.82, 2.24) is 24.0 Å². The van der Waals surface area contributed by atoms with Crippen LogP contribution in [-0.2, 0) is 0 Å². The summed E-state index contributed by atoms with van der Waals surface area (Å²) in [4.78, 5) is 4.38. The van der Waals surface area contributed by atoms with Gasteiger partial charge < -0.3 is 4.57 Å². The first-order valence-electron chi connectivity index (χ1n) is 8.75. The van der Waals surface area contributed by atoms with Crippen LogP contribution in [0.3, 0.4) is 0 Å². The van der Waals surface area contributed by atoms with E-state index in [0.717, 1.165) is 33.8 Å². The van der Waals surface area contributed by atoms with Crippen molar-refractivity contribution in [3.8, 4) is 5.82 Å². The predicted molar refractivity (Wildman–Crippen MR) is 104 cm³/mol. The first-order chi connectivity index (χ1) is 12.6. The van der Waals surface area contributed by atoms with E-state index in [1.54, 1.807) is 11.0 Å². The van der Waals surface area contributed by atoms with Gasteiger partial charge in [-0.3, -0.25) is 0 Å². The summed E-state index contributed by atoms with van der Waals surface area (Å²) < 4.78 is 6.06. The second kappa shape index (κ2) is 6.29. The number of hydrogen-bond acceptors (Lipinski definition) is 3. The summed E-state index contributed by atoms with van der Waals surface area (Å²) >= 11 is 0. The molecule has 0 aliphatic rings. The lowest BCUT2D eigenvalue weighted by molar-refractivity contribution is 0.519. The fourth-order valence-electron chi connectivity index (χ4n) is 3.32. The molecule has 0 bridgehead atoms. The van der Waals surface area contributed by atoms with Crippen LogP contribution in [-0.4, -0.2) is 30.2 Å². The van der Waals surface area contributed by atoms with E-state index < -0.39 is 0 Å². The van der Waals surface area contributed by atoms with E-state index in [1.807, 2.05) is 47.4 Å². The summed E-state index contributed by atoms with van der Waals surface area (Å²) in [5.74, 6) is 1.07. The van der Waals surface area contributed by atoms with Gasteiger partial charge >= 0.3 is 0 Å². The topological polar surface area (TPSA) is 52.9 Å². The Morgan fingerprint density at radius 1 is 1.12 bits per heavy atom. The number of nitrogens with zero attached hydrogens (tertiary/aromatic N) is 6. The minimum atomic E-state index is 0.302. The summed E-state index contributed by atoms with van der Waals surface area (Å²) in [6.07, 6.45) is 5.48. The molecule has 0 saturated heterocycles. The van der Waals surface area contributed by atoms with Gasteiger partial charge in [-0.2, -0.15) is 10.2 Å². The fraction of sp³-hybridized carbons (Fsp3) is 0.250. The molecule has 6 nitrogen and oxygen atoms in total. The smallest absolute Gasteiger partial charge is 0.135 e. The van der Waals surface area contributed by atoms with Crippen molar-refractivity contribution in [1.29, 1.82) is 0 Å². The van der Waals surface area contributed by atoms with E-state index in [4.69, 9.17) is 0 Å². The lowest BCUT2D eigenvalue weighted by Crippen LogP contribution is -2.11. The van der Waals surface area contributed by atoms with E-state index in [9.17, 15) is 0 Å². The molecule has 6 heteroatoms. The van der Waals surface area contributed by atoms with Crippen molar-refractivity contribution in [3.63, 3.8) is 0 Å². The van der Waals surface area contributed by atoms with Crippen LogP contribution >= 0.6 is 0 Å². The van der Waals surface area contributed by atoms with Crippen LogP contribution in [0.4, 0.5) is 0 Å². The van der Waals surface area contributed by atoms with Crippen LogP contribution in [0, 0.1) is 13.8 Å². The molecule has 0 aliphatic heterocycles. The second-order valence-corrected chi connectivity index (χ2v) is 6.71. The Morgan fingerprint density at radius 2 is 1.92 bits per heavy atom. The summed E-state index contributed by atoms with van der Waals surface area (Å²) in [5, 5.41) is 9.07. The van der Waals surface area contributed by atoms with Crippen LogP contribution in [0.5, 0.6) is 0 Å². The molecule has 0 N–H and O–H groups in total. The van der Waals surface area contributed by atoms with Gasteiger partial charge in [-0.25, -0.2) is 14.3 Å². The molecule has 132 valence electrons. The van der Waals surface area contributed by atoms with Crippen LogP contribution in [0.25, 0.3) is 16.9 Å². The molecule has 0 spiro atoms. The Kier molecular flexibility index (Phi) is 3.95. The van der Waals surface area contributed by atoms with Gasteiger partial charge in [0.25, 0.3) is 0 Å². The van der Waals surface area contributed by atoms with Gasteiger partial charge in [0.2, 0.25) is 0 Å². The van der Waals surface area contributed by atoms with Gasteiger partial charge in [-0.15, -0.1) is 0 Å². The van der Waals surface area contributed by atoms with Gasteiger partial charge in [0, 0.05) is 29.1 Å². The molecule has 4 aromatic rings. The summed E-state index contributed by atoms with van der Waals surface area (Å²) in [5.41, 5.74) is 5.31. The highest BCUT2D eigenvalue weighted by Crippen LogP contribution is 2.22. The van der Waals surface area contributed by atoms with Crippen LogP contribution in [0.15, 0.2) is 54.0 Å². The molecular weight excluding hydrogens is 324 g/mol. The molecule has 0 saturated carbocycles. The zero-order valence-corrected chi connectivity index (χ0v) is 15.5. The molecule has 0 aliphatic carbocycles. The Hall–Kier alpha value is -3.15. The SMILES string of the molecule is Cc1cc(/C=N\n2cnc3ccccc32)c(C)n1-c1ccnn1C(C)C. The highest BCUT2D eigenvalue weighted by atomic mass is 15.4. The van der Waals surface area contributed by atoms with E-state index in [2.05, 4.69) is 53.5 Å². The number of imidazole rings is 1. The molecule has 26 heavy (non-hydrogen) atoms. The summed E-state index contributed by atoms with van der Waals surface area (Å²) in [7, 11) is 0. The van der Waals surface area contributed by atoms with E-state index in [0.29, 0.717) is 6.04 Å². The number of rotatable bonds is 4. The van der Waals surface area contributed by atoms with Gasteiger partial charge in [0.05, 0.1) is 23.4 Å². The van der Waals surface area contributed by atoms with Gasteiger partial charge in [0.15, 0.2) is 0 Å². The number of aromatic nitrogens is 5. The summed E-state index contributed by atoms with van der Waals surface area (Å²) in [6.45, 7) is 8.49. The second-order valence-electron chi connectivity index (χ2n) is 6.71. The Morgan fingerprint density at radius 3 is 2.73 bits per heavy atom. The number of aryl methyl sites for hydroxylation is 1. The third-order valence-corrected chi connectivity index (χ3v) is 4.59. The number of benzene rings is 1. The van der Waals surface area contributed by atoms with Crippen molar-refractivity contribution in [2.75, 3.05) is 0 Å². The zero-order valence-electron chi connectivity index (χ0n) is 15.5. The summed E-state index contributed by atoms with van der Waals surface area (Å²) in [6, 6.07) is 12.5. The van der Waals surface area contributed by atoms with E-state index in [1.165, 1.54) is 0 Å². The molecule has 0 amide bonds. The van der Waals surface area contributed by atoms with E-state index in [-0.39, 0.29) is 0 Å². The van der Waals surface area contributed by atoms with Crippen LogP contribution in [0.2, 0.25) is 0 Å². The molecule has 3 heterocycles. The van der Waals surface area contributed by atoms with Crippen LogP contribution < -0.4 is 0 Å². The van der Waals surface area contributed by atoms with Crippen LogP contribution in [0.1, 0.15) is 36.8 Å². The minimum Gasteiger partial charge on any atom is -0.303 e. The van der Waals surface area contributed by atoms with Gasteiger partial charge in [0.1, 0.15) is 12.1 Å². The Bertz CT molecular complexity index is 1090. The van der Waals surface area contributed by atoms with Crippen molar-refractivity contribution in [2.45, 2.75) is 33.7 Å². The Labute approximate surface area is 152 Å². The average molecular weight is 346 g/mol. The third-order valence-electron chi connectivity index (χ3n) is 4.59. The number of fused-ring (bicyclic) bond motifs is 1. The fourth-order valence-corrected chi connectivity index (χ4v) is 3.32. The van der Waals surface area contributed by atoms with Gasteiger partial charge in [-0.1, -0.05) is 12.1 Å². The maximum absolute atomic E-state index is 4.61. The highest BCUT2D eigenvalue weighted by molar-refractivity contribution is 5.83. The predicted octanol–water partition coefficient (Wildman–Crippen LogP) is 4.10. The molecule has 0 atom stereocenters. The average Bonchev–Trinajstić information content (AvgIpc) is 3.31. The number of hydrogen-bond donors (Lipinski definition) is 0. The van der Waals surface area contributed by atoms with Gasteiger partial charge in [-0.05, 0) is 45.9 Å². The van der Waals surface area contributed by atoms with Crippen molar-refractivity contribution < 1.29 is 0 Å². The van der Waals surface area contributed by atoms with Crippen molar-refractivity contribution in [2.24, 2.45) is 5.10 Å². The maximum atomic E-state index is 4.61.